The van der Waals surface area contributed by atoms with Gasteiger partial charge in [0.05, 0.1) is 34.6 Å². The van der Waals surface area contributed by atoms with Crippen molar-refractivity contribution in [2.75, 3.05) is 24.6 Å². The van der Waals surface area contributed by atoms with Crippen LogP contribution in [0.1, 0.15) is 58.7 Å². The van der Waals surface area contributed by atoms with Crippen LogP contribution in [0.5, 0.6) is 5.75 Å². The molecule has 1 atom stereocenters. The maximum absolute atomic E-state index is 13.8. The minimum atomic E-state index is -0.648. The highest BCUT2D eigenvalue weighted by atomic mass is 32.1. The first-order valence-electron chi connectivity index (χ1n) is 13.1. The van der Waals surface area contributed by atoms with Gasteiger partial charge in [-0.25, -0.2) is 9.79 Å². The average Bonchev–Trinajstić information content (AvgIpc) is 3.19. The molecule has 0 N–H and O–H groups in total. The van der Waals surface area contributed by atoms with Gasteiger partial charge in [0.15, 0.2) is 4.80 Å². The maximum atomic E-state index is 13.8. The third-order valence-corrected chi connectivity index (χ3v) is 7.39. The lowest BCUT2D eigenvalue weighted by Gasteiger charge is -2.25. The van der Waals surface area contributed by atoms with Crippen LogP contribution in [0, 0.1) is 0 Å². The van der Waals surface area contributed by atoms with Crippen molar-refractivity contribution in [1.29, 1.82) is 0 Å². The summed E-state index contributed by atoms with van der Waals surface area (Å²) < 4.78 is 13.3. The van der Waals surface area contributed by atoms with E-state index in [4.69, 9.17) is 9.47 Å². The molecule has 200 valence electrons. The molecule has 0 aliphatic carbocycles. The Morgan fingerprint density at radius 1 is 1.08 bits per heavy atom. The molecule has 0 amide bonds. The predicted octanol–water partition coefficient (Wildman–Crippen LogP) is 4.43. The molecule has 38 heavy (non-hydrogen) atoms. The van der Waals surface area contributed by atoms with Crippen LogP contribution in [0.25, 0.3) is 6.08 Å². The first-order valence-corrected chi connectivity index (χ1v) is 13.9. The number of rotatable bonds is 9. The highest BCUT2D eigenvalue weighted by Gasteiger charge is 2.33. The minimum Gasteiger partial charge on any atom is -0.491 e. The lowest BCUT2D eigenvalue weighted by Crippen LogP contribution is -2.39. The number of carbonyl (C=O) groups excluding carboxylic acids is 1. The van der Waals surface area contributed by atoms with E-state index in [0.717, 1.165) is 35.7 Å². The number of thiazole rings is 1. The molecule has 0 radical (unpaired) electrons. The van der Waals surface area contributed by atoms with Crippen molar-refractivity contribution in [3.63, 3.8) is 0 Å². The van der Waals surface area contributed by atoms with E-state index in [9.17, 15) is 9.59 Å². The number of ether oxygens (including phenoxy) is 2. The molecule has 3 aromatic rings. The smallest absolute Gasteiger partial charge is 0.338 e. The van der Waals surface area contributed by atoms with Crippen LogP contribution < -0.4 is 24.5 Å². The van der Waals surface area contributed by atoms with Crippen molar-refractivity contribution in [2.45, 2.75) is 53.7 Å². The molecule has 7 nitrogen and oxygen atoms in total. The van der Waals surface area contributed by atoms with Gasteiger partial charge in [-0.05, 0) is 83.0 Å². The summed E-state index contributed by atoms with van der Waals surface area (Å²) in [4.78, 5) is 34.3. The number of hydrogen-bond donors (Lipinski definition) is 0. The van der Waals surface area contributed by atoms with Gasteiger partial charge in [-0.1, -0.05) is 35.6 Å². The van der Waals surface area contributed by atoms with Crippen molar-refractivity contribution in [3.05, 3.63) is 90.6 Å². The third kappa shape index (κ3) is 5.60. The van der Waals surface area contributed by atoms with Crippen molar-refractivity contribution < 1.29 is 14.3 Å². The fourth-order valence-corrected chi connectivity index (χ4v) is 5.68. The zero-order valence-electron chi connectivity index (χ0n) is 22.9. The second-order valence-electron chi connectivity index (χ2n) is 9.30. The molecular weight excluding hydrogens is 498 g/mol. The molecule has 1 aliphatic heterocycles. The van der Waals surface area contributed by atoms with E-state index in [-0.39, 0.29) is 18.3 Å². The monoisotopic (exact) mass is 533 g/mol. The summed E-state index contributed by atoms with van der Waals surface area (Å²) in [6, 6.07) is 15.0. The molecule has 1 aliphatic rings. The summed E-state index contributed by atoms with van der Waals surface area (Å²) in [5, 5.41) is 0. The molecule has 0 unspecified atom stereocenters. The van der Waals surface area contributed by atoms with Crippen molar-refractivity contribution in [2.24, 2.45) is 4.99 Å². The quantitative estimate of drug-likeness (QED) is 0.381. The summed E-state index contributed by atoms with van der Waals surface area (Å²) >= 11 is 1.32. The number of anilines is 1. The van der Waals surface area contributed by atoms with E-state index in [2.05, 4.69) is 35.9 Å². The number of nitrogens with zero attached hydrogens (tertiary/aromatic N) is 3. The van der Waals surface area contributed by atoms with E-state index in [1.54, 1.807) is 18.4 Å². The molecule has 0 saturated carbocycles. The Balaban J connectivity index is 1.82. The maximum Gasteiger partial charge on any atom is 0.338 e. The van der Waals surface area contributed by atoms with Gasteiger partial charge in [0, 0.05) is 18.8 Å². The Morgan fingerprint density at radius 2 is 1.74 bits per heavy atom. The second-order valence-corrected chi connectivity index (χ2v) is 10.3. The van der Waals surface area contributed by atoms with Crippen molar-refractivity contribution >= 4 is 29.1 Å². The van der Waals surface area contributed by atoms with Gasteiger partial charge in [-0.2, -0.15) is 0 Å². The average molecular weight is 534 g/mol. The van der Waals surface area contributed by atoms with Gasteiger partial charge in [-0.3, -0.25) is 9.36 Å². The molecule has 0 saturated heterocycles. The summed E-state index contributed by atoms with van der Waals surface area (Å²) in [6.07, 6.45) is 1.92. The topological polar surface area (TPSA) is 73.1 Å². The van der Waals surface area contributed by atoms with E-state index in [1.165, 1.54) is 11.3 Å². The van der Waals surface area contributed by atoms with Crippen LogP contribution in [0.2, 0.25) is 0 Å². The molecule has 0 spiro atoms. The van der Waals surface area contributed by atoms with Crippen LogP contribution in [0.4, 0.5) is 5.69 Å². The SMILES string of the molecule is CCOC(=O)C1=C(C)N=c2s/c(=C\c3ccc(N(CC)CC)cc3)c(=O)n2[C@H]1c1ccc(OC(C)C)cc1. The summed E-state index contributed by atoms with van der Waals surface area (Å²) in [6.45, 7) is 13.8. The molecule has 4 rings (SSSR count). The molecule has 0 bridgehead atoms. The number of benzene rings is 2. The van der Waals surface area contributed by atoms with Crippen LogP contribution >= 0.6 is 11.3 Å². The Bertz CT molecular complexity index is 1490. The zero-order valence-corrected chi connectivity index (χ0v) is 23.7. The number of hydrogen-bond acceptors (Lipinski definition) is 7. The Labute approximate surface area is 227 Å². The van der Waals surface area contributed by atoms with Gasteiger partial charge in [-0.15, -0.1) is 0 Å². The molecule has 0 fully saturated rings. The van der Waals surface area contributed by atoms with Crippen LogP contribution in [0.15, 0.2) is 69.6 Å². The lowest BCUT2D eigenvalue weighted by molar-refractivity contribution is -0.139. The number of esters is 1. The second kappa shape index (κ2) is 11.8. The fourth-order valence-electron chi connectivity index (χ4n) is 4.63. The summed E-state index contributed by atoms with van der Waals surface area (Å²) in [5.41, 5.74) is 3.59. The van der Waals surface area contributed by atoms with E-state index >= 15 is 0 Å². The highest BCUT2D eigenvalue weighted by Crippen LogP contribution is 2.31. The van der Waals surface area contributed by atoms with E-state index in [0.29, 0.717) is 20.6 Å². The Kier molecular flexibility index (Phi) is 8.52. The summed E-state index contributed by atoms with van der Waals surface area (Å²) in [7, 11) is 0. The van der Waals surface area contributed by atoms with Gasteiger partial charge in [0.2, 0.25) is 0 Å². The first-order chi connectivity index (χ1) is 18.3. The van der Waals surface area contributed by atoms with Crippen LogP contribution in [-0.2, 0) is 9.53 Å². The lowest BCUT2D eigenvalue weighted by atomic mass is 9.96. The minimum absolute atomic E-state index is 0.0387. The van der Waals surface area contributed by atoms with Crippen LogP contribution in [-0.4, -0.2) is 36.3 Å². The Morgan fingerprint density at radius 3 is 2.32 bits per heavy atom. The molecule has 8 heteroatoms. The van der Waals surface area contributed by atoms with Gasteiger partial charge in [0.25, 0.3) is 5.56 Å². The number of allylic oxidation sites excluding steroid dienone is 1. The largest absolute Gasteiger partial charge is 0.491 e. The highest BCUT2D eigenvalue weighted by molar-refractivity contribution is 7.07. The van der Waals surface area contributed by atoms with Gasteiger partial charge < -0.3 is 14.4 Å². The Hall–Kier alpha value is -3.65. The molecule has 2 heterocycles. The molecule has 1 aromatic heterocycles. The standard InChI is InChI=1S/C30H35N3O4S/c1-7-32(8-2)23-14-10-21(11-15-23)18-25-28(34)33-27(22-12-16-24(17-13-22)37-19(4)5)26(29(35)36-9-3)20(6)31-30(33)38-25/h10-19,27H,7-9H2,1-6H3/b25-18-/t27-/m0/s1. The predicted molar refractivity (Wildman–Crippen MR) is 153 cm³/mol. The molecule has 2 aromatic carbocycles. The third-order valence-electron chi connectivity index (χ3n) is 6.40. The number of aromatic nitrogens is 1. The molecular formula is C30H35N3O4S. The van der Waals surface area contributed by atoms with Crippen LogP contribution in [0.3, 0.4) is 0 Å². The van der Waals surface area contributed by atoms with Gasteiger partial charge in [0.1, 0.15) is 5.75 Å². The number of carbonyl (C=O) groups is 1. The van der Waals surface area contributed by atoms with Crippen molar-refractivity contribution in [1.82, 2.24) is 4.57 Å². The normalized spacial score (nSPS) is 15.3. The summed E-state index contributed by atoms with van der Waals surface area (Å²) in [5.74, 6) is 0.255. The first kappa shape index (κ1) is 27.4. The zero-order chi connectivity index (χ0) is 27.4. The van der Waals surface area contributed by atoms with E-state index in [1.807, 2.05) is 56.3 Å². The van der Waals surface area contributed by atoms with Crippen molar-refractivity contribution in [3.8, 4) is 5.75 Å². The fraction of sp³-hybridized carbons (Fsp3) is 0.367. The number of fused-ring (bicyclic) bond motifs is 1. The van der Waals surface area contributed by atoms with Gasteiger partial charge >= 0.3 is 5.97 Å². The van der Waals surface area contributed by atoms with E-state index < -0.39 is 12.0 Å².